The van der Waals surface area contributed by atoms with E-state index in [-0.39, 0.29) is 17.9 Å². The maximum absolute atomic E-state index is 13.0. The van der Waals surface area contributed by atoms with Crippen molar-refractivity contribution in [3.63, 3.8) is 0 Å². The molecule has 2 amide bonds. The number of carbonyl (C=O) groups is 2. The van der Waals surface area contributed by atoms with E-state index in [0.29, 0.717) is 19.6 Å². The topological polar surface area (TPSA) is 86.5 Å². The number of hydrogen-bond donors (Lipinski definition) is 3. The van der Waals surface area contributed by atoms with Crippen molar-refractivity contribution < 1.29 is 14.3 Å². The molecule has 2 aromatic carbocycles. The van der Waals surface area contributed by atoms with Crippen LogP contribution < -0.4 is 10.6 Å². The largest absolute Gasteiger partial charge is 0.374 e. The van der Waals surface area contributed by atoms with E-state index in [4.69, 9.17) is 4.74 Å². The third-order valence-corrected chi connectivity index (χ3v) is 5.77. The van der Waals surface area contributed by atoms with Crippen LogP contribution in [-0.2, 0) is 27.3 Å². The summed E-state index contributed by atoms with van der Waals surface area (Å²) in [5, 5.41) is 6.84. The van der Waals surface area contributed by atoms with Crippen molar-refractivity contribution in [3.8, 4) is 0 Å². The van der Waals surface area contributed by atoms with Gasteiger partial charge in [-0.3, -0.25) is 14.5 Å². The van der Waals surface area contributed by atoms with E-state index in [1.165, 1.54) is 12.5 Å². The first-order chi connectivity index (χ1) is 15.6. The Labute approximate surface area is 188 Å². The Balaban J connectivity index is 1.34. The summed E-state index contributed by atoms with van der Waals surface area (Å²) in [6.07, 6.45) is 2.24. The molecule has 0 saturated carbocycles. The summed E-state index contributed by atoms with van der Waals surface area (Å²) in [4.78, 5) is 30.3. The number of ether oxygens (including phenoxy) is 1. The van der Waals surface area contributed by atoms with Crippen LogP contribution in [0.1, 0.15) is 18.1 Å². The number of nitrogens with one attached hydrogen (secondary N) is 3. The van der Waals surface area contributed by atoms with E-state index in [0.717, 1.165) is 36.1 Å². The van der Waals surface area contributed by atoms with Gasteiger partial charge in [-0.05, 0) is 17.2 Å². The SMILES string of the molecule is CC(=O)N[C@H](Cc1c[nH]c2ccccc12)C(=O)NC[C@@H]1CN(Cc2ccccc2)CCO1. The number of para-hydroxylation sites is 1. The van der Waals surface area contributed by atoms with Gasteiger partial charge in [0.05, 0.1) is 12.7 Å². The molecular weight excluding hydrogens is 404 g/mol. The molecule has 0 radical (unpaired) electrons. The third kappa shape index (κ3) is 5.75. The number of rotatable bonds is 8. The third-order valence-electron chi connectivity index (χ3n) is 5.77. The van der Waals surface area contributed by atoms with Gasteiger partial charge in [0.1, 0.15) is 6.04 Å². The number of benzene rings is 2. The molecule has 1 aliphatic heterocycles. The lowest BCUT2D eigenvalue weighted by Crippen LogP contribution is -2.52. The van der Waals surface area contributed by atoms with E-state index < -0.39 is 6.04 Å². The van der Waals surface area contributed by atoms with E-state index in [9.17, 15) is 9.59 Å². The highest BCUT2D eigenvalue weighted by molar-refractivity contribution is 5.89. The smallest absolute Gasteiger partial charge is 0.243 e. The van der Waals surface area contributed by atoms with Crippen LogP contribution in [0.3, 0.4) is 0 Å². The minimum atomic E-state index is -0.643. The average Bonchev–Trinajstić information content (AvgIpc) is 3.20. The van der Waals surface area contributed by atoms with E-state index in [1.807, 2.05) is 48.7 Å². The summed E-state index contributed by atoms with van der Waals surface area (Å²) in [6, 6.07) is 17.6. The van der Waals surface area contributed by atoms with Gasteiger partial charge >= 0.3 is 0 Å². The van der Waals surface area contributed by atoms with Crippen molar-refractivity contribution in [3.05, 3.63) is 71.9 Å². The number of nitrogens with zero attached hydrogens (tertiary/aromatic N) is 1. The highest BCUT2D eigenvalue weighted by Crippen LogP contribution is 2.19. The van der Waals surface area contributed by atoms with Gasteiger partial charge in [0.2, 0.25) is 11.8 Å². The summed E-state index contributed by atoms with van der Waals surface area (Å²) >= 11 is 0. The van der Waals surface area contributed by atoms with Crippen molar-refractivity contribution in [2.75, 3.05) is 26.2 Å². The van der Waals surface area contributed by atoms with Crippen LogP contribution in [0.25, 0.3) is 10.9 Å². The molecule has 1 fully saturated rings. The van der Waals surface area contributed by atoms with Crippen LogP contribution >= 0.6 is 0 Å². The van der Waals surface area contributed by atoms with Gasteiger partial charge in [0, 0.05) is 56.6 Å². The number of morpholine rings is 1. The first-order valence-corrected chi connectivity index (χ1v) is 11.1. The van der Waals surface area contributed by atoms with Crippen LogP contribution in [0, 0.1) is 0 Å². The summed E-state index contributed by atoms with van der Waals surface area (Å²) < 4.78 is 5.87. The molecule has 0 unspecified atom stereocenters. The Kier molecular flexibility index (Phi) is 7.19. The molecular formula is C25H30N4O3. The minimum absolute atomic E-state index is 0.0810. The van der Waals surface area contributed by atoms with Gasteiger partial charge in [-0.15, -0.1) is 0 Å². The van der Waals surface area contributed by atoms with Crippen LogP contribution in [0.4, 0.5) is 0 Å². The number of H-pyrrole nitrogens is 1. The van der Waals surface area contributed by atoms with Crippen molar-refractivity contribution in [1.82, 2.24) is 20.5 Å². The standard InChI is InChI=1S/C25H30N4O3/c1-18(30)28-24(13-20-14-26-23-10-6-5-9-22(20)23)25(31)27-15-21-17-29(11-12-32-21)16-19-7-3-2-4-8-19/h2-10,14,21,24,26H,11-13,15-17H2,1H3,(H,27,31)(H,28,30)/t21-,24-/m1/s1. The number of hydrogen-bond acceptors (Lipinski definition) is 4. The number of aromatic amines is 1. The number of aromatic nitrogens is 1. The summed E-state index contributed by atoms with van der Waals surface area (Å²) in [6.45, 7) is 4.97. The Morgan fingerprint density at radius 1 is 1.16 bits per heavy atom. The summed E-state index contributed by atoms with van der Waals surface area (Å²) in [5.74, 6) is -0.429. The Morgan fingerprint density at radius 3 is 2.75 bits per heavy atom. The molecule has 32 heavy (non-hydrogen) atoms. The van der Waals surface area contributed by atoms with Crippen molar-refractivity contribution >= 4 is 22.7 Å². The van der Waals surface area contributed by atoms with Crippen molar-refractivity contribution in [2.24, 2.45) is 0 Å². The second-order valence-electron chi connectivity index (χ2n) is 8.28. The predicted octanol–water partition coefficient (Wildman–Crippen LogP) is 2.23. The molecule has 0 bridgehead atoms. The fraction of sp³-hybridized carbons (Fsp3) is 0.360. The molecule has 2 heterocycles. The zero-order chi connectivity index (χ0) is 22.3. The molecule has 7 nitrogen and oxygen atoms in total. The first-order valence-electron chi connectivity index (χ1n) is 11.1. The molecule has 7 heteroatoms. The van der Waals surface area contributed by atoms with Gasteiger partial charge in [0.25, 0.3) is 0 Å². The highest BCUT2D eigenvalue weighted by Gasteiger charge is 2.25. The molecule has 1 aliphatic rings. The molecule has 3 N–H and O–H groups in total. The molecule has 0 aliphatic carbocycles. The maximum Gasteiger partial charge on any atom is 0.243 e. The van der Waals surface area contributed by atoms with Gasteiger partial charge in [-0.2, -0.15) is 0 Å². The lowest BCUT2D eigenvalue weighted by molar-refractivity contribution is -0.128. The zero-order valence-electron chi connectivity index (χ0n) is 18.3. The highest BCUT2D eigenvalue weighted by atomic mass is 16.5. The van der Waals surface area contributed by atoms with E-state index in [2.05, 4.69) is 32.7 Å². The zero-order valence-corrected chi connectivity index (χ0v) is 18.3. The Hall–Kier alpha value is -3.16. The second-order valence-corrected chi connectivity index (χ2v) is 8.28. The predicted molar refractivity (Wildman–Crippen MR) is 124 cm³/mol. The van der Waals surface area contributed by atoms with Gasteiger partial charge in [0.15, 0.2) is 0 Å². The van der Waals surface area contributed by atoms with E-state index >= 15 is 0 Å². The second kappa shape index (κ2) is 10.4. The first kappa shape index (κ1) is 22.0. The summed E-state index contributed by atoms with van der Waals surface area (Å²) in [7, 11) is 0. The average molecular weight is 435 g/mol. The fourth-order valence-corrected chi connectivity index (χ4v) is 4.20. The van der Waals surface area contributed by atoms with Crippen LogP contribution in [0.2, 0.25) is 0 Å². The van der Waals surface area contributed by atoms with Crippen molar-refractivity contribution in [2.45, 2.75) is 32.0 Å². The van der Waals surface area contributed by atoms with Crippen molar-refractivity contribution in [1.29, 1.82) is 0 Å². The minimum Gasteiger partial charge on any atom is -0.374 e. The van der Waals surface area contributed by atoms with E-state index in [1.54, 1.807) is 0 Å². The van der Waals surface area contributed by atoms with Crippen LogP contribution in [0.15, 0.2) is 60.8 Å². The quantitative estimate of drug-likeness (QED) is 0.508. The maximum atomic E-state index is 13.0. The molecule has 1 saturated heterocycles. The molecule has 4 rings (SSSR count). The summed E-state index contributed by atoms with van der Waals surface area (Å²) in [5.41, 5.74) is 3.28. The molecule has 1 aromatic heterocycles. The number of amides is 2. The lowest BCUT2D eigenvalue weighted by Gasteiger charge is -2.33. The molecule has 0 spiro atoms. The normalized spacial score (nSPS) is 17.7. The molecule has 168 valence electrons. The number of fused-ring (bicyclic) bond motifs is 1. The van der Waals surface area contributed by atoms with Gasteiger partial charge in [-0.1, -0.05) is 48.5 Å². The van der Waals surface area contributed by atoms with Crippen LogP contribution in [-0.4, -0.2) is 60.1 Å². The monoisotopic (exact) mass is 434 g/mol. The number of carbonyl (C=O) groups excluding carboxylic acids is 2. The molecule has 2 atom stereocenters. The van der Waals surface area contributed by atoms with Gasteiger partial charge in [-0.25, -0.2) is 0 Å². The van der Waals surface area contributed by atoms with Gasteiger partial charge < -0.3 is 20.4 Å². The lowest BCUT2D eigenvalue weighted by atomic mass is 10.0. The fourth-order valence-electron chi connectivity index (χ4n) is 4.20. The molecule has 3 aromatic rings. The Bertz CT molecular complexity index is 1050. The van der Waals surface area contributed by atoms with Crippen LogP contribution in [0.5, 0.6) is 0 Å². The Morgan fingerprint density at radius 2 is 1.94 bits per heavy atom.